The number of carbonyl (C=O) groups is 2. The van der Waals surface area contributed by atoms with Gasteiger partial charge in [-0.1, -0.05) is 19.3 Å². The predicted octanol–water partition coefficient (Wildman–Crippen LogP) is 2.82. The molecule has 3 rings (SSSR count). The summed E-state index contributed by atoms with van der Waals surface area (Å²) in [4.78, 5) is 24.3. The molecule has 0 radical (unpaired) electrons. The summed E-state index contributed by atoms with van der Waals surface area (Å²) in [6.07, 6.45) is 8.27. The van der Waals surface area contributed by atoms with Crippen molar-refractivity contribution in [3.8, 4) is 0 Å². The maximum atomic E-state index is 12.4. The molecule has 0 bridgehead atoms. The van der Waals surface area contributed by atoms with Crippen molar-refractivity contribution in [2.75, 3.05) is 11.9 Å². The lowest BCUT2D eigenvalue weighted by Gasteiger charge is -2.35. The van der Waals surface area contributed by atoms with Gasteiger partial charge in [0.15, 0.2) is 0 Å². The van der Waals surface area contributed by atoms with Crippen LogP contribution in [0.15, 0.2) is 24.3 Å². The second kappa shape index (κ2) is 7.34. The van der Waals surface area contributed by atoms with E-state index in [1.165, 1.54) is 6.42 Å². The lowest BCUT2D eigenvalue weighted by molar-refractivity contribution is -0.118. The summed E-state index contributed by atoms with van der Waals surface area (Å²) >= 11 is 0. The van der Waals surface area contributed by atoms with Gasteiger partial charge in [0.05, 0.1) is 0 Å². The molecular weight excluding hydrogens is 302 g/mol. The van der Waals surface area contributed by atoms with E-state index in [-0.39, 0.29) is 17.2 Å². The van der Waals surface area contributed by atoms with Crippen molar-refractivity contribution in [3.63, 3.8) is 0 Å². The van der Waals surface area contributed by atoms with E-state index in [2.05, 4.69) is 10.6 Å². The Morgan fingerprint density at radius 2 is 1.75 bits per heavy atom. The molecule has 2 amide bonds. The van der Waals surface area contributed by atoms with Crippen molar-refractivity contribution in [3.05, 3.63) is 29.8 Å². The Hall–Kier alpha value is -1.88. The zero-order valence-corrected chi connectivity index (χ0v) is 14.1. The molecule has 0 aliphatic heterocycles. The molecule has 0 unspecified atom stereocenters. The molecule has 2 aliphatic carbocycles. The van der Waals surface area contributed by atoms with E-state index in [0.29, 0.717) is 24.6 Å². The molecule has 24 heavy (non-hydrogen) atoms. The zero-order chi connectivity index (χ0) is 17.0. The number of carbonyl (C=O) groups excluding carboxylic acids is 2. The first-order valence-electron chi connectivity index (χ1n) is 9.01. The molecule has 2 aliphatic rings. The zero-order valence-electron chi connectivity index (χ0n) is 14.1. The SMILES string of the molecule is NCC1(CC(=O)Nc2ccc(C(=O)NC3CC3)cc2)CCCCC1. The second-order valence-electron chi connectivity index (χ2n) is 7.31. The van der Waals surface area contributed by atoms with Gasteiger partial charge in [0.25, 0.3) is 5.91 Å². The van der Waals surface area contributed by atoms with Crippen molar-refractivity contribution in [1.29, 1.82) is 0 Å². The highest BCUT2D eigenvalue weighted by Gasteiger charge is 2.33. The van der Waals surface area contributed by atoms with Gasteiger partial charge in [-0.2, -0.15) is 0 Å². The number of amides is 2. The Kier molecular flexibility index (Phi) is 5.19. The third kappa shape index (κ3) is 4.35. The van der Waals surface area contributed by atoms with E-state index in [4.69, 9.17) is 5.73 Å². The first-order valence-corrected chi connectivity index (χ1v) is 9.01. The van der Waals surface area contributed by atoms with E-state index in [0.717, 1.165) is 44.2 Å². The van der Waals surface area contributed by atoms with Gasteiger partial charge in [-0.3, -0.25) is 9.59 Å². The minimum absolute atomic E-state index is 0.0116. The molecule has 0 saturated heterocycles. The summed E-state index contributed by atoms with van der Waals surface area (Å²) in [6, 6.07) is 7.44. The van der Waals surface area contributed by atoms with Crippen LogP contribution >= 0.6 is 0 Å². The van der Waals surface area contributed by atoms with E-state index in [1.54, 1.807) is 24.3 Å². The molecule has 0 spiro atoms. The van der Waals surface area contributed by atoms with Crippen molar-refractivity contribution < 1.29 is 9.59 Å². The molecule has 5 heteroatoms. The second-order valence-corrected chi connectivity index (χ2v) is 7.31. The summed E-state index contributed by atoms with van der Waals surface area (Å²) in [5.74, 6) is -0.0304. The molecule has 1 aromatic carbocycles. The van der Waals surface area contributed by atoms with E-state index in [1.807, 2.05) is 0 Å². The highest BCUT2D eigenvalue weighted by molar-refractivity contribution is 5.96. The fraction of sp³-hybridized carbons (Fsp3) is 0.579. The Morgan fingerprint density at radius 1 is 1.08 bits per heavy atom. The molecule has 5 nitrogen and oxygen atoms in total. The highest BCUT2D eigenvalue weighted by Crippen LogP contribution is 2.38. The van der Waals surface area contributed by atoms with Crippen LogP contribution in [0.3, 0.4) is 0 Å². The minimum atomic E-state index is -0.0420. The van der Waals surface area contributed by atoms with E-state index in [9.17, 15) is 9.59 Å². The molecule has 4 N–H and O–H groups in total. The molecule has 0 heterocycles. The summed E-state index contributed by atoms with van der Waals surface area (Å²) < 4.78 is 0. The average Bonchev–Trinajstić information content (AvgIpc) is 3.40. The largest absolute Gasteiger partial charge is 0.349 e. The normalized spacial score (nSPS) is 19.5. The Bertz CT molecular complexity index is 587. The quantitative estimate of drug-likeness (QED) is 0.750. The van der Waals surface area contributed by atoms with E-state index >= 15 is 0 Å². The first kappa shape index (κ1) is 17.0. The fourth-order valence-corrected chi connectivity index (χ4v) is 3.50. The topological polar surface area (TPSA) is 84.2 Å². The van der Waals surface area contributed by atoms with Crippen LogP contribution < -0.4 is 16.4 Å². The lowest BCUT2D eigenvalue weighted by atomic mass is 9.71. The molecule has 1 aromatic rings. The minimum Gasteiger partial charge on any atom is -0.349 e. The first-order chi connectivity index (χ1) is 11.6. The smallest absolute Gasteiger partial charge is 0.251 e. The van der Waals surface area contributed by atoms with Gasteiger partial charge in [0.2, 0.25) is 5.91 Å². The lowest BCUT2D eigenvalue weighted by Crippen LogP contribution is -2.36. The summed E-state index contributed by atoms with van der Waals surface area (Å²) in [6.45, 7) is 0.570. The summed E-state index contributed by atoms with van der Waals surface area (Å²) in [5, 5.41) is 5.90. The Labute approximate surface area is 143 Å². The predicted molar refractivity (Wildman–Crippen MR) is 94.7 cm³/mol. The average molecular weight is 329 g/mol. The van der Waals surface area contributed by atoms with Crippen LogP contribution in [-0.4, -0.2) is 24.4 Å². The standard InChI is InChI=1S/C19H27N3O2/c20-13-19(10-2-1-3-11-19)12-17(23)21-15-6-4-14(5-7-15)18(24)22-16-8-9-16/h4-7,16H,1-3,8-13,20H2,(H,21,23)(H,22,24). The Morgan fingerprint density at radius 3 is 2.33 bits per heavy atom. The van der Waals surface area contributed by atoms with Gasteiger partial charge in [0.1, 0.15) is 0 Å². The van der Waals surface area contributed by atoms with Gasteiger partial charge in [-0.15, -0.1) is 0 Å². The third-order valence-electron chi connectivity index (χ3n) is 5.23. The Balaban J connectivity index is 1.54. The van der Waals surface area contributed by atoms with Crippen LogP contribution in [0.1, 0.15) is 61.7 Å². The molecule has 2 fully saturated rings. The fourth-order valence-electron chi connectivity index (χ4n) is 3.50. The van der Waals surface area contributed by atoms with Gasteiger partial charge in [-0.05, 0) is 61.9 Å². The van der Waals surface area contributed by atoms with Crippen LogP contribution in [-0.2, 0) is 4.79 Å². The molecule has 2 saturated carbocycles. The van der Waals surface area contributed by atoms with Gasteiger partial charge < -0.3 is 16.4 Å². The molecule has 0 atom stereocenters. The number of benzene rings is 1. The van der Waals surface area contributed by atoms with Crippen molar-refractivity contribution in [2.24, 2.45) is 11.1 Å². The highest BCUT2D eigenvalue weighted by atomic mass is 16.2. The molecule has 130 valence electrons. The van der Waals surface area contributed by atoms with Gasteiger partial charge >= 0.3 is 0 Å². The van der Waals surface area contributed by atoms with Crippen LogP contribution in [0.2, 0.25) is 0 Å². The number of nitrogens with one attached hydrogen (secondary N) is 2. The van der Waals surface area contributed by atoms with Crippen LogP contribution in [0, 0.1) is 5.41 Å². The number of anilines is 1. The van der Waals surface area contributed by atoms with Crippen LogP contribution in [0.5, 0.6) is 0 Å². The number of nitrogens with two attached hydrogens (primary N) is 1. The molecule has 0 aromatic heterocycles. The van der Waals surface area contributed by atoms with Crippen molar-refractivity contribution in [1.82, 2.24) is 5.32 Å². The van der Waals surface area contributed by atoms with Gasteiger partial charge in [0, 0.05) is 23.7 Å². The number of hydrogen-bond donors (Lipinski definition) is 3. The maximum Gasteiger partial charge on any atom is 0.251 e. The summed E-state index contributed by atoms with van der Waals surface area (Å²) in [7, 11) is 0. The van der Waals surface area contributed by atoms with Crippen LogP contribution in [0.25, 0.3) is 0 Å². The van der Waals surface area contributed by atoms with Crippen molar-refractivity contribution in [2.45, 2.75) is 57.4 Å². The monoisotopic (exact) mass is 329 g/mol. The van der Waals surface area contributed by atoms with Crippen LogP contribution in [0.4, 0.5) is 5.69 Å². The van der Waals surface area contributed by atoms with Gasteiger partial charge in [-0.25, -0.2) is 0 Å². The maximum absolute atomic E-state index is 12.4. The summed E-state index contributed by atoms with van der Waals surface area (Å²) in [5.41, 5.74) is 7.28. The third-order valence-corrected chi connectivity index (χ3v) is 5.23. The van der Waals surface area contributed by atoms with Crippen molar-refractivity contribution >= 4 is 17.5 Å². The molecular formula is C19H27N3O2. The van der Waals surface area contributed by atoms with E-state index < -0.39 is 0 Å². The number of hydrogen-bond acceptors (Lipinski definition) is 3. The number of rotatable bonds is 6.